The first kappa shape index (κ1) is 23.6. The summed E-state index contributed by atoms with van der Waals surface area (Å²) < 4.78 is 2.52. The number of hydrogen-bond acceptors (Lipinski definition) is 4. The van der Waals surface area contributed by atoms with Crippen LogP contribution < -0.4 is 0 Å². The molecule has 2 aliphatic heterocycles. The Balaban J connectivity index is 1.45. The number of aromatic amines is 2. The van der Waals surface area contributed by atoms with Crippen molar-refractivity contribution in [1.29, 1.82) is 0 Å². The summed E-state index contributed by atoms with van der Waals surface area (Å²) in [6.07, 6.45) is 8.44. The Morgan fingerprint density at radius 2 is 1.00 bits per heavy atom. The predicted molar refractivity (Wildman–Crippen MR) is 180 cm³/mol. The quantitative estimate of drug-likeness (QED) is 0.216. The van der Waals surface area contributed by atoms with Gasteiger partial charge in [0.2, 0.25) is 0 Å². The first-order valence-corrected chi connectivity index (χ1v) is 15.6. The lowest BCUT2D eigenvalue weighted by atomic mass is 10.0. The standard InChI is InChI=1S/C36H22N4S2/c1-3-7-33-25(5-1)27(19-41-33)35-29-13-11-23(38-29)17-21-9-10-22(37-21)18-24-12-14-30(39-24)36(32-16-15-31(35)40-32)28-20-42-34-8-4-2-6-26(28)34/h1-20,38-39H. The zero-order chi connectivity index (χ0) is 27.6. The maximum absolute atomic E-state index is 5.37. The maximum Gasteiger partial charge on any atom is 0.0737 e. The minimum atomic E-state index is 0.918. The van der Waals surface area contributed by atoms with Gasteiger partial charge in [0.05, 0.1) is 22.8 Å². The average Bonchev–Trinajstić information content (AvgIpc) is 3.85. The largest absolute Gasteiger partial charge is 0.355 e. The van der Waals surface area contributed by atoms with Crippen molar-refractivity contribution in [3.63, 3.8) is 0 Å². The number of rotatable bonds is 2. The average molecular weight is 575 g/mol. The van der Waals surface area contributed by atoms with Crippen molar-refractivity contribution in [1.82, 2.24) is 19.9 Å². The monoisotopic (exact) mass is 574 g/mol. The zero-order valence-electron chi connectivity index (χ0n) is 22.3. The molecule has 0 amide bonds. The van der Waals surface area contributed by atoms with Gasteiger partial charge in [-0.3, -0.25) is 0 Å². The normalized spacial score (nSPS) is 12.6. The molecule has 0 unspecified atom stereocenters. The molecular formula is C36H22N4S2. The number of benzene rings is 2. The number of nitrogens with one attached hydrogen (secondary N) is 2. The summed E-state index contributed by atoms with van der Waals surface area (Å²) in [6.45, 7) is 0. The Hall–Kier alpha value is -5.04. The Bertz CT molecular complexity index is 2270. The molecule has 2 aliphatic rings. The van der Waals surface area contributed by atoms with Gasteiger partial charge in [-0.2, -0.15) is 0 Å². The molecule has 5 aromatic heterocycles. The number of aromatic nitrogens is 4. The van der Waals surface area contributed by atoms with Crippen LogP contribution in [0.5, 0.6) is 0 Å². The Morgan fingerprint density at radius 3 is 1.52 bits per heavy atom. The topological polar surface area (TPSA) is 57.4 Å². The second-order valence-electron chi connectivity index (χ2n) is 10.5. The molecule has 6 heteroatoms. The van der Waals surface area contributed by atoms with Crippen molar-refractivity contribution in [2.75, 3.05) is 0 Å². The fourth-order valence-electron chi connectivity index (χ4n) is 5.98. The molecule has 2 aromatic carbocycles. The highest BCUT2D eigenvalue weighted by molar-refractivity contribution is 7.18. The molecule has 4 nitrogen and oxygen atoms in total. The van der Waals surface area contributed by atoms with E-state index in [2.05, 4.69) is 130 Å². The second kappa shape index (κ2) is 9.24. The van der Waals surface area contributed by atoms with Gasteiger partial charge in [-0.15, -0.1) is 22.7 Å². The molecule has 0 atom stereocenters. The third-order valence-corrected chi connectivity index (χ3v) is 9.83. The molecule has 0 aliphatic carbocycles. The lowest BCUT2D eigenvalue weighted by molar-refractivity contribution is 1.31. The summed E-state index contributed by atoms with van der Waals surface area (Å²) in [5.41, 5.74) is 12.3. The molecule has 0 fully saturated rings. The lowest BCUT2D eigenvalue weighted by Crippen LogP contribution is -1.87. The molecule has 198 valence electrons. The molecule has 7 heterocycles. The van der Waals surface area contributed by atoms with E-state index in [1.165, 1.54) is 31.3 Å². The van der Waals surface area contributed by atoms with Crippen LogP contribution in [0.25, 0.3) is 88.8 Å². The summed E-state index contributed by atoms with van der Waals surface area (Å²) in [6, 6.07) is 29.9. The molecule has 42 heavy (non-hydrogen) atoms. The van der Waals surface area contributed by atoms with Crippen LogP contribution in [0.2, 0.25) is 0 Å². The molecule has 9 rings (SSSR count). The van der Waals surface area contributed by atoms with E-state index in [4.69, 9.17) is 9.97 Å². The Morgan fingerprint density at radius 1 is 0.500 bits per heavy atom. The van der Waals surface area contributed by atoms with E-state index in [-0.39, 0.29) is 0 Å². The van der Waals surface area contributed by atoms with Crippen molar-refractivity contribution in [3.05, 3.63) is 118 Å². The summed E-state index contributed by atoms with van der Waals surface area (Å²) >= 11 is 3.54. The van der Waals surface area contributed by atoms with Crippen LogP contribution in [0.4, 0.5) is 0 Å². The predicted octanol–water partition coefficient (Wildman–Crippen LogP) is 10.4. The number of hydrogen-bond donors (Lipinski definition) is 2. The van der Waals surface area contributed by atoms with Crippen molar-refractivity contribution < 1.29 is 0 Å². The molecule has 8 bridgehead atoms. The van der Waals surface area contributed by atoms with E-state index in [1.807, 2.05) is 0 Å². The van der Waals surface area contributed by atoms with Gasteiger partial charge in [-0.1, -0.05) is 36.4 Å². The van der Waals surface area contributed by atoms with E-state index in [0.29, 0.717) is 0 Å². The zero-order valence-corrected chi connectivity index (χ0v) is 23.9. The Kier molecular flexibility index (Phi) is 5.20. The summed E-state index contributed by atoms with van der Waals surface area (Å²) in [5.74, 6) is 0. The molecule has 7 aromatic rings. The van der Waals surface area contributed by atoms with Gasteiger partial charge in [0.15, 0.2) is 0 Å². The van der Waals surface area contributed by atoms with E-state index in [9.17, 15) is 0 Å². The number of H-pyrrole nitrogens is 2. The molecule has 0 spiro atoms. The van der Waals surface area contributed by atoms with Gasteiger partial charge in [-0.05, 0) is 83.6 Å². The van der Waals surface area contributed by atoms with Crippen molar-refractivity contribution in [2.24, 2.45) is 0 Å². The third kappa shape index (κ3) is 3.80. The van der Waals surface area contributed by atoms with Crippen LogP contribution in [0.15, 0.2) is 95.7 Å². The van der Waals surface area contributed by atoms with E-state index >= 15 is 0 Å². The summed E-state index contributed by atoms with van der Waals surface area (Å²) in [4.78, 5) is 17.6. The number of fused-ring (bicyclic) bond motifs is 10. The van der Waals surface area contributed by atoms with Crippen LogP contribution in [-0.2, 0) is 0 Å². The highest BCUT2D eigenvalue weighted by Gasteiger charge is 2.18. The number of thiophene rings is 2. The first-order valence-electron chi connectivity index (χ1n) is 13.8. The van der Waals surface area contributed by atoms with Gasteiger partial charge in [-0.25, -0.2) is 9.97 Å². The SMILES string of the molecule is C1=Cc2cc3ccc([nH]3)c(-c3csc4ccccc34)c3nc(c(-c4csc5ccccc45)c4ccc(cc1n2)[nH]4)C=C3. The van der Waals surface area contributed by atoms with Crippen LogP contribution in [0.3, 0.4) is 0 Å². The van der Waals surface area contributed by atoms with Crippen LogP contribution in [0.1, 0.15) is 22.8 Å². The van der Waals surface area contributed by atoms with Crippen molar-refractivity contribution in [2.45, 2.75) is 0 Å². The highest BCUT2D eigenvalue weighted by Crippen LogP contribution is 2.41. The van der Waals surface area contributed by atoms with E-state index in [0.717, 1.165) is 56.0 Å². The molecule has 0 radical (unpaired) electrons. The smallest absolute Gasteiger partial charge is 0.0737 e. The lowest BCUT2D eigenvalue weighted by Gasteiger charge is -2.04. The first-order chi connectivity index (χ1) is 20.8. The molecule has 0 saturated carbocycles. The maximum atomic E-state index is 5.37. The fourth-order valence-corrected chi connectivity index (χ4v) is 7.89. The van der Waals surface area contributed by atoms with Crippen LogP contribution in [0, 0.1) is 0 Å². The Labute approximate surface area is 249 Å². The second-order valence-corrected chi connectivity index (χ2v) is 12.3. The van der Waals surface area contributed by atoms with Crippen molar-refractivity contribution in [3.8, 4) is 22.3 Å². The van der Waals surface area contributed by atoms with Gasteiger partial charge in [0, 0.05) is 64.5 Å². The minimum absolute atomic E-state index is 0.918. The molecule has 0 saturated heterocycles. The molecule has 2 N–H and O–H groups in total. The number of nitrogens with zero attached hydrogens (tertiary/aromatic N) is 2. The molecular weight excluding hydrogens is 553 g/mol. The van der Waals surface area contributed by atoms with Gasteiger partial charge >= 0.3 is 0 Å². The van der Waals surface area contributed by atoms with Gasteiger partial charge in [0.1, 0.15) is 0 Å². The van der Waals surface area contributed by atoms with Crippen LogP contribution in [-0.4, -0.2) is 19.9 Å². The van der Waals surface area contributed by atoms with Crippen LogP contribution >= 0.6 is 22.7 Å². The highest BCUT2D eigenvalue weighted by atomic mass is 32.1. The van der Waals surface area contributed by atoms with Gasteiger partial charge < -0.3 is 9.97 Å². The fraction of sp³-hybridized carbons (Fsp3) is 0. The third-order valence-electron chi connectivity index (χ3n) is 7.90. The van der Waals surface area contributed by atoms with Gasteiger partial charge in [0.25, 0.3) is 0 Å². The minimum Gasteiger partial charge on any atom is -0.355 e. The van der Waals surface area contributed by atoms with E-state index in [1.54, 1.807) is 22.7 Å². The summed E-state index contributed by atoms with van der Waals surface area (Å²) in [5, 5.41) is 6.98. The van der Waals surface area contributed by atoms with Crippen molar-refractivity contribution >= 4 is 89.2 Å². The van der Waals surface area contributed by atoms with E-state index < -0.39 is 0 Å². The summed E-state index contributed by atoms with van der Waals surface area (Å²) in [7, 11) is 0.